The molecule has 1 amide bonds. The molecule has 0 saturated carbocycles. The van der Waals surface area contributed by atoms with E-state index in [1.165, 1.54) is 11.0 Å². The van der Waals surface area contributed by atoms with Gasteiger partial charge in [-0.15, -0.1) is 0 Å². The first-order valence-corrected chi connectivity index (χ1v) is 11.1. The van der Waals surface area contributed by atoms with Gasteiger partial charge in [-0.2, -0.15) is 5.10 Å². The monoisotopic (exact) mass is 471 g/mol. The molecule has 35 heavy (non-hydrogen) atoms. The number of fused-ring (bicyclic) bond motifs is 1. The Morgan fingerprint density at radius 3 is 2.43 bits per heavy atom. The Morgan fingerprint density at radius 1 is 1.06 bits per heavy atom. The maximum atomic E-state index is 15.1. The van der Waals surface area contributed by atoms with Crippen molar-refractivity contribution in [1.29, 1.82) is 0 Å². The maximum Gasteiger partial charge on any atom is 0.338 e. The summed E-state index contributed by atoms with van der Waals surface area (Å²) in [6, 6.07) is 19.4. The summed E-state index contributed by atoms with van der Waals surface area (Å²) in [6.45, 7) is 1.99. The van der Waals surface area contributed by atoms with E-state index < -0.39 is 17.8 Å². The van der Waals surface area contributed by atoms with Crippen molar-refractivity contribution in [2.75, 3.05) is 18.6 Å². The number of rotatable bonds is 6. The number of benzene rings is 3. The van der Waals surface area contributed by atoms with Crippen LogP contribution in [0.5, 0.6) is 5.75 Å². The number of amides is 1. The molecular formula is C27H22FN3O4. The lowest BCUT2D eigenvalue weighted by Gasteiger charge is -2.27. The standard InChI is InChI=1S/C27H22FN3O4/c1-3-35-27(33)17-8-12-18(13-9-17)31-25(20-6-4-5-7-21(20)28)22-23(29-30-24(22)26(31)32)16-10-14-19(34-2)15-11-16/h4-15,25H,3H2,1-2H3,(H,29,30)/t25-/m1/s1. The average molecular weight is 471 g/mol. The molecular weight excluding hydrogens is 449 g/mol. The number of methoxy groups -OCH3 is 1. The summed E-state index contributed by atoms with van der Waals surface area (Å²) < 4.78 is 25.4. The molecule has 0 spiro atoms. The number of carbonyl (C=O) groups excluding carboxylic acids is 2. The Bertz CT molecular complexity index is 1400. The molecule has 2 heterocycles. The van der Waals surface area contributed by atoms with E-state index in [4.69, 9.17) is 9.47 Å². The lowest BCUT2D eigenvalue weighted by Crippen LogP contribution is -2.29. The third-order valence-electron chi connectivity index (χ3n) is 5.99. The second kappa shape index (κ2) is 9.06. The highest BCUT2D eigenvalue weighted by molar-refractivity contribution is 6.12. The van der Waals surface area contributed by atoms with Crippen molar-refractivity contribution in [1.82, 2.24) is 10.2 Å². The molecule has 4 aromatic rings. The van der Waals surface area contributed by atoms with Crippen LogP contribution in [0.1, 0.15) is 44.9 Å². The smallest absolute Gasteiger partial charge is 0.338 e. The van der Waals surface area contributed by atoms with E-state index in [0.29, 0.717) is 39.5 Å². The molecule has 1 atom stereocenters. The third kappa shape index (κ3) is 3.82. The summed E-state index contributed by atoms with van der Waals surface area (Å²) in [5.74, 6) is -0.544. The van der Waals surface area contributed by atoms with Crippen LogP contribution in [0, 0.1) is 5.82 Å². The van der Waals surface area contributed by atoms with Crippen LogP contribution in [0.3, 0.4) is 0 Å². The van der Waals surface area contributed by atoms with E-state index in [1.54, 1.807) is 68.6 Å². The van der Waals surface area contributed by atoms with Crippen LogP contribution in [-0.2, 0) is 4.74 Å². The van der Waals surface area contributed by atoms with Gasteiger partial charge in [-0.05, 0) is 61.5 Å². The van der Waals surface area contributed by atoms with Crippen molar-refractivity contribution in [3.63, 3.8) is 0 Å². The Labute approximate surface area is 201 Å². The van der Waals surface area contributed by atoms with Crippen LogP contribution in [0.4, 0.5) is 10.1 Å². The van der Waals surface area contributed by atoms with Gasteiger partial charge in [0.2, 0.25) is 0 Å². The van der Waals surface area contributed by atoms with Gasteiger partial charge >= 0.3 is 5.97 Å². The Kier molecular flexibility index (Phi) is 5.78. The van der Waals surface area contributed by atoms with E-state index in [1.807, 2.05) is 12.1 Å². The first-order chi connectivity index (χ1) is 17.0. The van der Waals surface area contributed by atoms with Gasteiger partial charge in [0.15, 0.2) is 0 Å². The van der Waals surface area contributed by atoms with Crippen LogP contribution in [0.15, 0.2) is 72.8 Å². The number of carbonyl (C=O) groups is 2. The van der Waals surface area contributed by atoms with Crippen molar-refractivity contribution in [2.24, 2.45) is 0 Å². The SMILES string of the molecule is CCOC(=O)c1ccc(N2C(=O)c3[nH]nc(-c4ccc(OC)cc4)c3[C@H]2c2ccccc2F)cc1. The van der Waals surface area contributed by atoms with Gasteiger partial charge in [0, 0.05) is 22.4 Å². The zero-order valence-electron chi connectivity index (χ0n) is 19.1. The number of halogens is 1. The van der Waals surface area contributed by atoms with E-state index in [0.717, 1.165) is 5.56 Å². The predicted molar refractivity (Wildman–Crippen MR) is 128 cm³/mol. The fraction of sp³-hybridized carbons (Fsp3) is 0.148. The average Bonchev–Trinajstić information content (AvgIpc) is 3.44. The summed E-state index contributed by atoms with van der Waals surface area (Å²) >= 11 is 0. The Balaban J connectivity index is 1.64. The molecule has 0 fully saturated rings. The Hall–Kier alpha value is -4.46. The van der Waals surface area contributed by atoms with Crippen LogP contribution in [-0.4, -0.2) is 35.8 Å². The van der Waals surface area contributed by atoms with Gasteiger partial charge in [-0.3, -0.25) is 14.8 Å². The van der Waals surface area contributed by atoms with Crippen molar-refractivity contribution in [2.45, 2.75) is 13.0 Å². The number of aromatic amines is 1. The molecule has 3 aromatic carbocycles. The molecule has 8 heteroatoms. The number of anilines is 1. The number of aromatic nitrogens is 2. The number of hydrogen-bond acceptors (Lipinski definition) is 5. The molecule has 1 aliphatic rings. The van der Waals surface area contributed by atoms with Crippen LogP contribution >= 0.6 is 0 Å². The first kappa shape index (κ1) is 22.3. The van der Waals surface area contributed by atoms with E-state index in [2.05, 4.69) is 10.2 Å². The van der Waals surface area contributed by atoms with E-state index >= 15 is 4.39 Å². The van der Waals surface area contributed by atoms with Crippen molar-refractivity contribution in [3.05, 3.63) is 101 Å². The zero-order chi connectivity index (χ0) is 24.5. The van der Waals surface area contributed by atoms with Crippen LogP contribution in [0.2, 0.25) is 0 Å². The molecule has 7 nitrogen and oxygen atoms in total. The minimum Gasteiger partial charge on any atom is -0.497 e. The molecule has 176 valence electrons. The lowest BCUT2D eigenvalue weighted by atomic mass is 9.95. The summed E-state index contributed by atoms with van der Waals surface area (Å²) in [7, 11) is 1.58. The van der Waals surface area contributed by atoms with E-state index in [9.17, 15) is 9.59 Å². The zero-order valence-corrected chi connectivity index (χ0v) is 19.1. The molecule has 0 radical (unpaired) electrons. The van der Waals surface area contributed by atoms with Crippen molar-refractivity contribution in [3.8, 4) is 17.0 Å². The summed E-state index contributed by atoms with van der Waals surface area (Å²) in [4.78, 5) is 27.2. The summed E-state index contributed by atoms with van der Waals surface area (Å²) in [5.41, 5.74) is 3.40. The third-order valence-corrected chi connectivity index (χ3v) is 5.99. The predicted octanol–water partition coefficient (Wildman–Crippen LogP) is 5.15. The second-order valence-corrected chi connectivity index (χ2v) is 7.96. The molecule has 0 saturated heterocycles. The topological polar surface area (TPSA) is 84.5 Å². The number of ether oxygens (including phenoxy) is 2. The maximum absolute atomic E-state index is 15.1. The van der Waals surface area contributed by atoms with Gasteiger partial charge in [0.1, 0.15) is 17.3 Å². The van der Waals surface area contributed by atoms with Crippen LogP contribution in [0.25, 0.3) is 11.3 Å². The summed E-state index contributed by atoms with van der Waals surface area (Å²) in [6.07, 6.45) is 0. The molecule has 1 aromatic heterocycles. The molecule has 0 bridgehead atoms. The van der Waals surface area contributed by atoms with Crippen LogP contribution < -0.4 is 9.64 Å². The minimum atomic E-state index is -0.761. The molecule has 5 rings (SSSR count). The number of hydrogen-bond donors (Lipinski definition) is 1. The van der Waals surface area contributed by atoms with Gasteiger partial charge in [-0.1, -0.05) is 18.2 Å². The molecule has 0 aliphatic carbocycles. The molecule has 0 unspecified atom stereocenters. The number of esters is 1. The van der Waals surface area contributed by atoms with Gasteiger partial charge in [0.05, 0.1) is 31.0 Å². The number of H-pyrrole nitrogens is 1. The first-order valence-electron chi connectivity index (χ1n) is 11.1. The van der Waals surface area contributed by atoms with Gasteiger partial charge < -0.3 is 9.47 Å². The summed E-state index contributed by atoms with van der Waals surface area (Å²) in [5, 5.41) is 7.27. The van der Waals surface area contributed by atoms with Gasteiger partial charge in [-0.25, -0.2) is 9.18 Å². The molecule has 1 aliphatic heterocycles. The Morgan fingerprint density at radius 2 is 1.77 bits per heavy atom. The number of nitrogens with zero attached hydrogens (tertiary/aromatic N) is 2. The normalized spacial score (nSPS) is 14.7. The fourth-order valence-corrected chi connectivity index (χ4v) is 4.35. The highest BCUT2D eigenvalue weighted by Crippen LogP contribution is 2.45. The van der Waals surface area contributed by atoms with Crippen molar-refractivity contribution < 1.29 is 23.5 Å². The minimum absolute atomic E-state index is 0.260. The lowest BCUT2D eigenvalue weighted by molar-refractivity contribution is 0.0526. The second-order valence-electron chi connectivity index (χ2n) is 7.96. The highest BCUT2D eigenvalue weighted by Gasteiger charge is 2.44. The number of nitrogens with one attached hydrogen (secondary N) is 1. The highest BCUT2D eigenvalue weighted by atomic mass is 19.1. The van der Waals surface area contributed by atoms with Gasteiger partial charge in [0.25, 0.3) is 5.91 Å². The largest absolute Gasteiger partial charge is 0.497 e. The molecule has 1 N–H and O–H groups in total. The van der Waals surface area contributed by atoms with E-state index in [-0.39, 0.29) is 12.5 Å². The fourth-order valence-electron chi connectivity index (χ4n) is 4.35. The van der Waals surface area contributed by atoms with Crippen molar-refractivity contribution >= 4 is 17.6 Å². The quantitative estimate of drug-likeness (QED) is 0.393.